The van der Waals surface area contributed by atoms with Gasteiger partial charge in [-0.1, -0.05) is 13.0 Å². The van der Waals surface area contributed by atoms with Crippen LogP contribution in [0.1, 0.15) is 20.3 Å². The van der Waals surface area contributed by atoms with Gasteiger partial charge in [0.25, 0.3) is 0 Å². The highest BCUT2D eigenvalue weighted by Crippen LogP contribution is 2.15. The predicted molar refractivity (Wildman–Crippen MR) is 69.7 cm³/mol. The molecule has 1 aromatic carbocycles. The molecule has 104 valence electrons. The van der Waals surface area contributed by atoms with Crippen molar-refractivity contribution in [2.45, 2.75) is 26.3 Å². The van der Waals surface area contributed by atoms with Crippen LogP contribution in [-0.2, 0) is 4.79 Å². The maximum absolute atomic E-state index is 13.1. The van der Waals surface area contributed by atoms with Gasteiger partial charge in [-0.15, -0.1) is 0 Å². The predicted octanol–water partition coefficient (Wildman–Crippen LogP) is 2.22. The van der Waals surface area contributed by atoms with Crippen molar-refractivity contribution in [3.05, 3.63) is 30.1 Å². The Labute approximate surface area is 111 Å². The highest BCUT2D eigenvalue weighted by molar-refractivity contribution is 5.94. The molecule has 5 nitrogen and oxygen atoms in total. The smallest absolute Gasteiger partial charge is 0.326 e. The van der Waals surface area contributed by atoms with Gasteiger partial charge >= 0.3 is 12.0 Å². The van der Waals surface area contributed by atoms with E-state index in [-0.39, 0.29) is 6.42 Å². The second-order valence-electron chi connectivity index (χ2n) is 3.97. The van der Waals surface area contributed by atoms with E-state index < -0.39 is 23.9 Å². The zero-order valence-electron chi connectivity index (χ0n) is 10.9. The number of carbonyl (C=O) groups excluding carboxylic acids is 1. The van der Waals surface area contributed by atoms with Crippen molar-refractivity contribution in [1.29, 1.82) is 0 Å². The molecule has 19 heavy (non-hydrogen) atoms. The molecule has 2 amide bonds. The molecule has 0 saturated carbocycles. The fourth-order valence-electron chi connectivity index (χ4n) is 1.65. The van der Waals surface area contributed by atoms with Crippen molar-refractivity contribution in [3.8, 4) is 0 Å². The first-order valence-corrected chi connectivity index (χ1v) is 6.06. The van der Waals surface area contributed by atoms with Gasteiger partial charge < -0.3 is 10.4 Å². The number of carboxylic acid groups (broad SMARTS) is 1. The van der Waals surface area contributed by atoms with Gasteiger partial charge in [0, 0.05) is 12.2 Å². The number of hydrogen-bond donors (Lipinski definition) is 2. The lowest BCUT2D eigenvalue weighted by atomic mass is 10.2. The van der Waals surface area contributed by atoms with Crippen LogP contribution in [0.4, 0.5) is 14.9 Å². The van der Waals surface area contributed by atoms with Crippen molar-refractivity contribution in [2.24, 2.45) is 0 Å². The van der Waals surface area contributed by atoms with E-state index in [0.717, 1.165) is 0 Å². The Morgan fingerprint density at radius 3 is 2.58 bits per heavy atom. The van der Waals surface area contributed by atoms with Crippen molar-refractivity contribution in [2.75, 3.05) is 11.4 Å². The van der Waals surface area contributed by atoms with E-state index >= 15 is 0 Å². The van der Waals surface area contributed by atoms with E-state index in [4.69, 9.17) is 5.11 Å². The van der Waals surface area contributed by atoms with Gasteiger partial charge in [-0.3, -0.25) is 4.90 Å². The summed E-state index contributed by atoms with van der Waals surface area (Å²) in [6.07, 6.45) is 0.280. The molecule has 0 aliphatic carbocycles. The number of benzene rings is 1. The molecular formula is C13H17FN2O3. The molecule has 0 spiro atoms. The van der Waals surface area contributed by atoms with E-state index in [2.05, 4.69) is 5.32 Å². The van der Waals surface area contributed by atoms with Crippen LogP contribution in [0.25, 0.3) is 0 Å². The molecule has 0 aliphatic heterocycles. The van der Waals surface area contributed by atoms with Crippen molar-refractivity contribution in [1.82, 2.24) is 5.32 Å². The third-order valence-corrected chi connectivity index (χ3v) is 2.69. The van der Waals surface area contributed by atoms with Gasteiger partial charge in [0.05, 0.1) is 0 Å². The number of hydrogen-bond acceptors (Lipinski definition) is 2. The van der Waals surface area contributed by atoms with Crippen molar-refractivity contribution in [3.63, 3.8) is 0 Å². The summed E-state index contributed by atoms with van der Waals surface area (Å²) in [5.41, 5.74) is 0.389. The minimum Gasteiger partial charge on any atom is -0.480 e. The monoisotopic (exact) mass is 268 g/mol. The lowest BCUT2D eigenvalue weighted by Crippen LogP contribution is -2.47. The Morgan fingerprint density at radius 1 is 1.42 bits per heavy atom. The number of carboxylic acids is 1. The van der Waals surface area contributed by atoms with E-state index in [1.165, 1.54) is 23.1 Å². The second kappa shape index (κ2) is 6.72. The molecule has 1 aromatic rings. The molecule has 0 heterocycles. The second-order valence-corrected chi connectivity index (χ2v) is 3.97. The van der Waals surface area contributed by atoms with Gasteiger partial charge in [0.2, 0.25) is 0 Å². The number of nitrogens with one attached hydrogen (secondary N) is 1. The summed E-state index contributed by atoms with van der Waals surface area (Å²) in [5.74, 6) is -1.54. The maximum atomic E-state index is 13.1. The normalized spacial score (nSPS) is 11.7. The van der Waals surface area contributed by atoms with Crippen LogP contribution in [0, 0.1) is 5.82 Å². The molecule has 0 aliphatic rings. The molecule has 0 aromatic heterocycles. The SMILES string of the molecule is CCC(NC(=O)N(CC)c1cccc(F)c1)C(=O)O. The standard InChI is InChI=1S/C13H17FN2O3/c1-3-11(12(17)18)15-13(19)16(4-2)10-7-5-6-9(14)8-10/h5-8,11H,3-4H2,1-2H3,(H,15,19)(H,17,18). The number of rotatable bonds is 5. The largest absolute Gasteiger partial charge is 0.480 e. The average molecular weight is 268 g/mol. The highest BCUT2D eigenvalue weighted by atomic mass is 19.1. The molecule has 0 bridgehead atoms. The maximum Gasteiger partial charge on any atom is 0.326 e. The minimum atomic E-state index is -1.09. The molecule has 1 rings (SSSR count). The van der Waals surface area contributed by atoms with Crippen LogP contribution in [-0.4, -0.2) is 29.7 Å². The van der Waals surface area contributed by atoms with Gasteiger partial charge in [0.1, 0.15) is 11.9 Å². The number of nitrogens with zero attached hydrogens (tertiary/aromatic N) is 1. The van der Waals surface area contributed by atoms with Crippen LogP contribution >= 0.6 is 0 Å². The quantitative estimate of drug-likeness (QED) is 0.860. The third kappa shape index (κ3) is 3.94. The zero-order valence-corrected chi connectivity index (χ0v) is 10.9. The van der Waals surface area contributed by atoms with Gasteiger partial charge in [-0.05, 0) is 31.5 Å². The summed E-state index contributed by atoms with van der Waals surface area (Å²) < 4.78 is 13.1. The lowest BCUT2D eigenvalue weighted by molar-refractivity contribution is -0.139. The van der Waals surface area contributed by atoms with Crippen molar-refractivity contribution >= 4 is 17.7 Å². The van der Waals surface area contributed by atoms with E-state index in [1.54, 1.807) is 19.9 Å². The van der Waals surface area contributed by atoms with E-state index in [0.29, 0.717) is 12.2 Å². The first kappa shape index (κ1) is 14.9. The molecule has 0 fully saturated rings. The first-order valence-electron chi connectivity index (χ1n) is 6.06. The van der Waals surface area contributed by atoms with Crippen LogP contribution < -0.4 is 10.2 Å². The summed E-state index contributed by atoms with van der Waals surface area (Å²) in [7, 11) is 0. The molecule has 2 N–H and O–H groups in total. The van der Waals surface area contributed by atoms with Crippen LogP contribution in [0.5, 0.6) is 0 Å². The summed E-state index contributed by atoms with van der Waals surface area (Å²) in [6, 6.07) is 4.09. The molecule has 1 atom stereocenters. The van der Waals surface area contributed by atoms with Crippen LogP contribution in [0.2, 0.25) is 0 Å². The van der Waals surface area contributed by atoms with Gasteiger partial charge in [-0.25, -0.2) is 14.0 Å². The number of carbonyl (C=O) groups is 2. The van der Waals surface area contributed by atoms with Crippen LogP contribution in [0.3, 0.4) is 0 Å². The molecule has 6 heteroatoms. The van der Waals surface area contributed by atoms with E-state index in [1.807, 2.05) is 0 Å². The van der Waals surface area contributed by atoms with Gasteiger partial charge in [-0.2, -0.15) is 0 Å². The number of urea groups is 1. The Morgan fingerprint density at radius 2 is 2.11 bits per heavy atom. The highest BCUT2D eigenvalue weighted by Gasteiger charge is 2.21. The Hall–Kier alpha value is -2.11. The molecule has 0 radical (unpaired) electrons. The number of halogens is 1. The van der Waals surface area contributed by atoms with Crippen LogP contribution in [0.15, 0.2) is 24.3 Å². The third-order valence-electron chi connectivity index (χ3n) is 2.69. The Balaban J connectivity index is 2.85. The Bertz CT molecular complexity index is 465. The lowest BCUT2D eigenvalue weighted by Gasteiger charge is -2.23. The van der Waals surface area contributed by atoms with E-state index in [9.17, 15) is 14.0 Å². The minimum absolute atomic E-state index is 0.280. The topological polar surface area (TPSA) is 69.6 Å². The summed E-state index contributed by atoms with van der Waals surface area (Å²) in [4.78, 5) is 24.1. The van der Waals surface area contributed by atoms with Gasteiger partial charge in [0.15, 0.2) is 0 Å². The van der Waals surface area contributed by atoms with Crippen molar-refractivity contribution < 1.29 is 19.1 Å². The first-order chi connectivity index (χ1) is 8.99. The number of anilines is 1. The summed E-state index contributed by atoms with van der Waals surface area (Å²) in [6.45, 7) is 3.70. The zero-order chi connectivity index (χ0) is 14.4. The Kier molecular flexibility index (Phi) is 5.29. The molecule has 1 unspecified atom stereocenters. The summed E-state index contributed by atoms with van der Waals surface area (Å²) >= 11 is 0. The average Bonchev–Trinajstić information content (AvgIpc) is 2.36. The number of amides is 2. The number of aliphatic carboxylic acids is 1. The summed E-state index contributed by atoms with van der Waals surface area (Å²) in [5, 5.41) is 11.3. The fourth-order valence-corrected chi connectivity index (χ4v) is 1.65. The fraction of sp³-hybridized carbons (Fsp3) is 0.385. The molecule has 0 saturated heterocycles. The molecular weight excluding hydrogens is 251 g/mol.